The van der Waals surface area contributed by atoms with Crippen LogP contribution in [0.25, 0.3) is 6.08 Å². The number of phenols is 1. The summed E-state index contributed by atoms with van der Waals surface area (Å²) in [5, 5.41) is 30.7. The second-order valence-corrected chi connectivity index (χ2v) is 7.47. The van der Waals surface area contributed by atoms with Crippen molar-refractivity contribution in [2.45, 2.75) is 58.3 Å². The van der Waals surface area contributed by atoms with Gasteiger partial charge >= 0.3 is 5.97 Å². The molecule has 30 heavy (non-hydrogen) atoms. The lowest BCUT2D eigenvalue weighted by Crippen LogP contribution is -2.30. The Kier molecular flexibility index (Phi) is 7.13. The van der Waals surface area contributed by atoms with Crippen molar-refractivity contribution in [3.05, 3.63) is 58.7 Å². The quantitative estimate of drug-likeness (QED) is 0.495. The molecule has 0 spiro atoms. The van der Waals surface area contributed by atoms with E-state index in [1.54, 1.807) is 37.3 Å². The van der Waals surface area contributed by atoms with Crippen LogP contribution in [0.1, 0.15) is 59.7 Å². The highest BCUT2D eigenvalue weighted by Gasteiger charge is 2.27. The van der Waals surface area contributed by atoms with Crippen LogP contribution in [0.4, 0.5) is 0 Å². The summed E-state index contributed by atoms with van der Waals surface area (Å²) in [6.07, 6.45) is 4.65. The number of carbonyl (C=O) groups excluding carboxylic acids is 1. The van der Waals surface area contributed by atoms with Gasteiger partial charge in [0.1, 0.15) is 35.0 Å². The van der Waals surface area contributed by atoms with E-state index in [0.717, 1.165) is 19.3 Å². The lowest BCUT2D eigenvalue weighted by Gasteiger charge is -2.22. The number of esters is 1. The second kappa shape index (κ2) is 9.78. The van der Waals surface area contributed by atoms with Crippen molar-refractivity contribution >= 4 is 12.0 Å². The van der Waals surface area contributed by atoms with E-state index in [9.17, 15) is 20.1 Å². The Balaban J connectivity index is 2.14. The Bertz CT molecular complexity index is 934. The maximum absolute atomic E-state index is 13.0. The van der Waals surface area contributed by atoms with Gasteiger partial charge in [-0.15, -0.1) is 0 Å². The van der Waals surface area contributed by atoms with Crippen LogP contribution in [0.3, 0.4) is 0 Å². The predicted molar refractivity (Wildman–Crippen MR) is 114 cm³/mol. The van der Waals surface area contributed by atoms with Gasteiger partial charge in [-0.3, -0.25) is 0 Å². The molecule has 6 heteroatoms. The van der Waals surface area contributed by atoms with Crippen LogP contribution in [0, 0.1) is 6.92 Å². The van der Waals surface area contributed by atoms with E-state index < -0.39 is 24.8 Å². The summed E-state index contributed by atoms with van der Waals surface area (Å²) in [6.45, 7) is 3.46. The number of aliphatic hydroxyl groups is 2. The molecular weight excluding hydrogens is 384 g/mol. The van der Waals surface area contributed by atoms with Gasteiger partial charge < -0.3 is 24.8 Å². The maximum Gasteiger partial charge on any atom is 0.342 e. The van der Waals surface area contributed by atoms with E-state index >= 15 is 0 Å². The molecule has 1 aliphatic rings. The van der Waals surface area contributed by atoms with Crippen LogP contribution in [0.15, 0.2) is 36.4 Å². The zero-order valence-electron chi connectivity index (χ0n) is 17.3. The number of cyclic esters (lactones) is 1. The van der Waals surface area contributed by atoms with Crippen LogP contribution < -0.4 is 4.74 Å². The van der Waals surface area contributed by atoms with Crippen LogP contribution in [-0.4, -0.2) is 33.5 Å². The third-order valence-electron chi connectivity index (χ3n) is 5.30. The van der Waals surface area contributed by atoms with Crippen molar-refractivity contribution in [2.75, 3.05) is 0 Å². The van der Waals surface area contributed by atoms with Gasteiger partial charge in [-0.05, 0) is 43.5 Å². The number of aryl methyl sites for hydroxylation is 1. The molecule has 160 valence electrons. The lowest BCUT2D eigenvalue weighted by atomic mass is 10.0. The molecule has 0 amide bonds. The summed E-state index contributed by atoms with van der Waals surface area (Å²) >= 11 is 0. The maximum atomic E-state index is 13.0. The Morgan fingerprint density at radius 3 is 2.63 bits per heavy atom. The highest BCUT2D eigenvalue weighted by Crippen LogP contribution is 2.37. The van der Waals surface area contributed by atoms with Gasteiger partial charge in [-0.25, -0.2) is 4.79 Å². The first-order valence-corrected chi connectivity index (χ1v) is 10.3. The van der Waals surface area contributed by atoms with Crippen molar-refractivity contribution in [3.63, 3.8) is 0 Å². The normalized spacial score (nSPS) is 19.7. The minimum Gasteiger partial charge on any atom is -0.508 e. The van der Waals surface area contributed by atoms with Gasteiger partial charge in [-0.1, -0.05) is 44.1 Å². The van der Waals surface area contributed by atoms with E-state index in [-0.39, 0.29) is 16.9 Å². The number of carbonyl (C=O) groups is 1. The number of hydrogen-bond acceptors (Lipinski definition) is 6. The Hall–Kier alpha value is -2.83. The number of hydrogen-bond donors (Lipinski definition) is 3. The van der Waals surface area contributed by atoms with E-state index in [0.29, 0.717) is 29.0 Å². The van der Waals surface area contributed by atoms with Crippen LogP contribution in [-0.2, 0) is 11.3 Å². The zero-order valence-corrected chi connectivity index (χ0v) is 17.3. The first kappa shape index (κ1) is 21.9. The molecule has 0 aromatic heterocycles. The molecule has 3 rings (SSSR count). The van der Waals surface area contributed by atoms with Crippen molar-refractivity contribution in [2.24, 2.45) is 0 Å². The molecule has 1 heterocycles. The minimum atomic E-state index is -1.04. The van der Waals surface area contributed by atoms with E-state index in [4.69, 9.17) is 9.47 Å². The fourth-order valence-electron chi connectivity index (χ4n) is 3.59. The smallest absolute Gasteiger partial charge is 0.342 e. The third-order valence-corrected chi connectivity index (χ3v) is 5.30. The average molecular weight is 412 g/mol. The van der Waals surface area contributed by atoms with Gasteiger partial charge in [0, 0.05) is 11.1 Å². The lowest BCUT2D eigenvalue weighted by molar-refractivity contribution is -0.00759. The third kappa shape index (κ3) is 4.66. The Morgan fingerprint density at radius 2 is 1.90 bits per heavy atom. The number of fused-ring (bicyclic) bond motifs is 2. The molecular formula is C24H28O6. The fraction of sp³-hybridized carbons (Fsp3) is 0.375. The number of aromatic hydroxyl groups is 1. The van der Waals surface area contributed by atoms with Gasteiger partial charge in [0.2, 0.25) is 0 Å². The van der Waals surface area contributed by atoms with Gasteiger partial charge in [0.05, 0.1) is 6.61 Å². The highest BCUT2D eigenvalue weighted by molar-refractivity contribution is 5.94. The van der Waals surface area contributed by atoms with Crippen molar-refractivity contribution < 1.29 is 29.6 Å². The van der Waals surface area contributed by atoms with Gasteiger partial charge in [0.25, 0.3) is 0 Å². The summed E-state index contributed by atoms with van der Waals surface area (Å²) in [5.74, 6) is 0.0316. The van der Waals surface area contributed by atoms with E-state index in [1.165, 1.54) is 12.1 Å². The molecule has 0 saturated carbocycles. The summed E-state index contributed by atoms with van der Waals surface area (Å²) in [7, 11) is 0. The van der Waals surface area contributed by atoms with Crippen molar-refractivity contribution in [3.8, 4) is 17.2 Å². The topological polar surface area (TPSA) is 96.2 Å². The Labute approximate surface area is 176 Å². The molecule has 1 aliphatic heterocycles. The Morgan fingerprint density at radius 1 is 1.10 bits per heavy atom. The number of benzene rings is 2. The molecule has 2 aromatic carbocycles. The molecule has 0 saturated heterocycles. The van der Waals surface area contributed by atoms with Crippen molar-refractivity contribution in [1.29, 1.82) is 0 Å². The number of ether oxygens (including phenoxy) is 2. The molecule has 0 aliphatic carbocycles. The second-order valence-electron chi connectivity index (χ2n) is 7.47. The van der Waals surface area contributed by atoms with Gasteiger partial charge in [-0.2, -0.15) is 0 Å². The summed E-state index contributed by atoms with van der Waals surface area (Å²) < 4.78 is 11.7. The standard InChI is InChI=1S/C24H28O6/c1-3-4-5-8-21-19(27)11-10-16-17(14-25)18(26)12-13-20(16)29-22-9-6-7-15(2)23(22)24(28)30-21/h6-7,9-13,19,21,25-27H,3-5,8,14H2,1-2H3/b11-10-/t19-,21+/m1/s1. The molecule has 0 unspecified atom stereocenters. The monoisotopic (exact) mass is 412 g/mol. The van der Waals surface area contributed by atoms with Crippen LogP contribution in [0.5, 0.6) is 17.2 Å². The molecule has 2 atom stereocenters. The first-order valence-electron chi connectivity index (χ1n) is 10.3. The average Bonchev–Trinajstić information content (AvgIpc) is 2.74. The largest absolute Gasteiger partial charge is 0.508 e. The zero-order chi connectivity index (χ0) is 21.7. The predicted octanol–water partition coefficient (Wildman–Crippen LogP) is 4.48. The van der Waals surface area contributed by atoms with Crippen molar-refractivity contribution in [1.82, 2.24) is 0 Å². The summed E-state index contributed by atoms with van der Waals surface area (Å²) in [4.78, 5) is 13.0. The summed E-state index contributed by atoms with van der Waals surface area (Å²) in [5.41, 5.74) is 1.69. The molecule has 2 aromatic rings. The first-order chi connectivity index (χ1) is 14.5. The molecule has 0 radical (unpaired) electrons. The highest BCUT2D eigenvalue weighted by atomic mass is 16.6. The minimum absolute atomic E-state index is 0.0786. The SMILES string of the molecule is CCCCC[C@@H]1OC(=O)c2c(C)cccc2Oc2ccc(O)c(CO)c2/C=C\[C@H]1O. The number of rotatable bonds is 5. The summed E-state index contributed by atoms with van der Waals surface area (Å²) in [6, 6.07) is 8.23. The van der Waals surface area contributed by atoms with Gasteiger partial charge in [0.15, 0.2) is 0 Å². The van der Waals surface area contributed by atoms with Crippen LogP contribution in [0.2, 0.25) is 0 Å². The number of aliphatic hydroxyl groups excluding tert-OH is 2. The fourth-order valence-corrected chi connectivity index (χ4v) is 3.59. The molecule has 0 fully saturated rings. The van der Waals surface area contributed by atoms with E-state index in [1.807, 2.05) is 0 Å². The molecule has 3 N–H and O–H groups in total. The molecule has 6 nitrogen and oxygen atoms in total. The van der Waals surface area contributed by atoms with Crippen LogP contribution >= 0.6 is 0 Å². The molecule has 0 bridgehead atoms. The number of unbranched alkanes of at least 4 members (excludes halogenated alkanes) is 2. The van der Waals surface area contributed by atoms with E-state index in [2.05, 4.69) is 6.92 Å².